The van der Waals surface area contributed by atoms with Gasteiger partial charge in [-0.3, -0.25) is 5.41 Å². The second kappa shape index (κ2) is 4.76. The van der Waals surface area contributed by atoms with E-state index in [0.29, 0.717) is 17.9 Å². The smallest absolute Gasteiger partial charge is 0.140 e. The number of nitrogens with two attached hydrogens (primary N) is 1. The number of rotatable bonds is 4. The van der Waals surface area contributed by atoms with Crippen molar-refractivity contribution in [3.8, 4) is 5.75 Å². The van der Waals surface area contributed by atoms with Crippen LogP contribution in [-0.2, 0) is 6.61 Å². The maximum atomic E-state index is 7.32. The summed E-state index contributed by atoms with van der Waals surface area (Å²) in [4.78, 5) is 4.12. The summed E-state index contributed by atoms with van der Waals surface area (Å²) in [5.74, 6) is 0.739. The van der Waals surface area contributed by atoms with Crippen LogP contribution in [0, 0.1) is 5.41 Å². The van der Waals surface area contributed by atoms with Crippen molar-refractivity contribution in [1.82, 2.24) is 4.98 Å². The van der Waals surface area contributed by atoms with Crippen LogP contribution in [0.3, 0.4) is 0 Å². The van der Waals surface area contributed by atoms with Crippen molar-refractivity contribution in [2.24, 2.45) is 5.73 Å². The van der Waals surface area contributed by atoms with Crippen LogP contribution in [0.5, 0.6) is 5.75 Å². The van der Waals surface area contributed by atoms with E-state index in [1.165, 1.54) is 0 Å². The molecule has 0 radical (unpaired) electrons. The fourth-order valence-electron chi connectivity index (χ4n) is 1.22. The molecule has 1 heterocycles. The molecule has 0 atom stereocenters. The quantitative estimate of drug-likeness (QED) is 0.626. The number of aromatic nitrogens is 1. The zero-order valence-corrected chi connectivity index (χ0v) is 9.33. The number of amidine groups is 1. The number of nitrogen functional groups attached to an aromatic ring is 1. The average molecular weight is 233 g/mol. The van der Waals surface area contributed by atoms with E-state index in [1.807, 2.05) is 17.5 Å². The third-order valence-electron chi connectivity index (χ3n) is 1.99. The summed E-state index contributed by atoms with van der Waals surface area (Å²) in [6, 6.07) is 7.17. The number of hydrogen-bond donors (Lipinski definition) is 2. The van der Waals surface area contributed by atoms with Crippen molar-refractivity contribution in [2.45, 2.75) is 6.61 Å². The molecule has 82 valence electrons. The molecule has 1 aromatic carbocycles. The molecule has 5 heteroatoms. The van der Waals surface area contributed by atoms with Crippen LogP contribution in [0.1, 0.15) is 10.6 Å². The van der Waals surface area contributed by atoms with Crippen LogP contribution < -0.4 is 10.5 Å². The van der Waals surface area contributed by atoms with Gasteiger partial charge in [0.2, 0.25) is 0 Å². The lowest BCUT2D eigenvalue weighted by Gasteiger charge is -2.05. The minimum absolute atomic E-state index is 0.0414. The summed E-state index contributed by atoms with van der Waals surface area (Å²) in [6.45, 7) is 0.443. The summed E-state index contributed by atoms with van der Waals surface area (Å²) < 4.78 is 5.54. The van der Waals surface area contributed by atoms with Gasteiger partial charge in [0.25, 0.3) is 0 Å². The topological polar surface area (TPSA) is 72.0 Å². The van der Waals surface area contributed by atoms with Gasteiger partial charge >= 0.3 is 0 Å². The Labute approximate surface area is 97.2 Å². The van der Waals surface area contributed by atoms with Crippen LogP contribution in [0.4, 0.5) is 0 Å². The van der Waals surface area contributed by atoms with E-state index in [-0.39, 0.29) is 5.84 Å². The number of hydrogen-bond acceptors (Lipinski definition) is 4. The molecule has 0 aliphatic carbocycles. The average Bonchev–Trinajstić information content (AvgIpc) is 2.79. The lowest BCUT2D eigenvalue weighted by atomic mass is 10.2. The van der Waals surface area contributed by atoms with Gasteiger partial charge in [-0.25, -0.2) is 4.98 Å². The highest BCUT2D eigenvalue weighted by Crippen LogP contribution is 2.15. The Morgan fingerprint density at radius 1 is 1.50 bits per heavy atom. The standard InChI is InChI=1S/C11H11N3OS/c12-11(13)8-2-1-3-9(6-8)15-7-10-14-4-5-16-10/h1-6H,7H2,(H3,12,13). The Kier molecular flexibility index (Phi) is 3.16. The second-order valence-corrected chi connectivity index (χ2v) is 4.14. The highest BCUT2D eigenvalue weighted by molar-refractivity contribution is 7.09. The first-order valence-electron chi connectivity index (χ1n) is 4.71. The number of ether oxygens (including phenoxy) is 1. The summed E-state index contributed by atoms with van der Waals surface area (Å²) in [5.41, 5.74) is 6.05. The SMILES string of the molecule is N=C(N)c1cccc(OCc2nccs2)c1. The molecule has 0 saturated carbocycles. The van der Waals surface area contributed by atoms with E-state index in [9.17, 15) is 0 Å². The van der Waals surface area contributed by atoms with E-state index >= 15 is 0 Å². The third-order valence-corrected chi connectivity index (χ3v) is 2.74. The van der Waals surface area contributed by atoms with Gasteiger partial charge in [0, 0.05) is 17.1 Å². The lowest BCUT2D eigenvalue weighted by Crippen LogP contribution is -2.10. The molecule has 16 heavy (non-hydrogen) atoms. The van der Waals surface area contributed by atoms with Gasteiger partial charge in [-0.05, 0) is 12.1 Å². The third kappa shape index (κ3) is 2.58. The molecule has 0 unspecified atom stereocenters. The van der Waals surface area contributed by atoms with Gasteiger partial charge in [-0.15, -0.1) is 11.3 Å². The zero-order chi connectivity index (χ0) is 11.4. The van der Waals surface area contributed by atoms with Crippen LogP contribution in [-0.4, -0.2) is 10.8 Å². The number of nitrogens with zero attached hydrogens (tertiary/aromatic N) is 1. The minimum Gasteiger partial charge on any atom is -0.486 e. The molecule has 0 saturated heterocycles. The fraction of sp³-hybridized carbons (Fsp3) is 0.0909. The van der Waals surface area contributed by atoms with Crippen LogP contribution in [0.2, 0.25) is 0 Å². The zero-order valence-electron chi connectivity index (χ0n) is 8.51. The Morgan fingerprint density at radius 3 is 3.06 bits per heavy atom. The lowest BCUT2D eigenvalue weighted by molar-refractivity contribution is 0.305. The predicted octanol–water partition coefficient (Wildman–Crippen LogP) is 2.01. The van der Waals surface area contributed by atoms with Gasteiger partial charge < -0.3 is 10.5 Å². The molecule has 0 spiro atoms. The highest BCUT2D eigenvalue weighted by atomic mass is 32.1. The van der Waals surface area contributed by atoms with Gasteiger partial charge in [0.05, 0.1) is 0 Å². The van der Waals surface area contributed by atoms with Gasteiger partial charge in [-0.2, -0.15) is 0 Å². The van der Waals surface area contributed by atoms with E-state index in [1.54, 1.807) is 29.7 Å². The summed E-state index contributed by atoms with van der Waals surface area (Å²) in [5, 5.41) is 10.1. The van der Waals surface area contributed by atoms with E-state index < -0.39 is 0 Å². The van der Waals surface area contributed by atoms with Crippen molar-refractivity contribution in [2.75, 3.05) is 0 Å². The first-order chi connectivity index (χ1) is 7.75. The van der Waals surface area contributed by atoms with Crippen LogP contribution >= 0.6 is 11.3 Å². The number of thiazole rings is 1. The van der Waals surface area contributed by atoms with E-state index in [2.05, 4.69) is 4.98 Å². The molecular weight excluding hydrogens is 222 g/mol. The molecular formula is C11H11N3OS. The molecule has 0 aliphatic rings. The second-order valence-electron chi connectivity index (χ2n) is 3.16. The summed E-state index contributed by atoms with van der Waals surface area (Å²) in [6.07, 6.45) is 1.75. The van der Waals surface area contributed by atoms with Crippen LogP contribution in [0.15, 0.2) is 35.8 Å². The Balaban J connectivity index is 2.04. The first kappa shape index (κ1) is 10.6. The molecule has 2 rings (SSSR count). The molecule has 0 fully saturated rings. The van der Waals surface area contributed by atoms with Crippen molar-refractivity contribution in [3.63, 3.8) is 0 Å². The number of benzene rings is 1. The molecule has 0 amide bonds. The number of nitrogens with one attached hydrogen (secondary N) is 1. The van der Waals surface area contributed by atoms with Crippen molar-refractivity contribution < 1.29 is 4.74 Å². The fourth-order valence-corrected chi connectivity index (χ4v) is 1.75. The summed E-state index contributed by atoms with van der Waals surface area (Å²) >= 11 is 1.55. The van der Waals surface area contributed by atoms with Crippen molar-refractivity contribution in [1.29, 1.82) is 5.41 Å². The maximum Gasteiger partial charge on any atom is 0.140 e. The normalized spacial score (nSPS) is 10.0. The molecule has 0 aliphatic heterocycles. The molecule has 1 aromatic heterocycles. The largest absolute Gasteiger partial charge is 0.486 e. The Morgan fingerprint density at radius 2 is 2.38 bits per heavy atom. The highest BCUT2D eigenvalue weighted by Gasteiger charge is 2.01. The monoisotopic (exact) mass is 233 g/mol. The van der Waals surface area contributed by atoms with Gasteiger partial charge in [-0.1, -0.05) is 12.1 Å². The van der Waals surface area contributed by atoms with Crippen LogP contribution in [0.25, 0.3) is 0 Å². The predicted molar refractivity (Wildman–Crippen MR) is 63.9 cm³/mol. The molecule has 0 bridgehead atoms. The minimum atomic E-state index is 0.0414. The summed E-state index contributed by atoms with van der Waals surface area (Å²) in [7, 11) is 0. The molecule has 3 N–H and O–H groups in total. The van der Waals surface area contributed by atoms with E-state index in [0.717, 1.165) is 5.01 Å². The first-order valence-corrected chi connectivity index (χ1v) is 5.59. The van der Waals surface area contributed by atoms with Crippen molar-refractivity contribution in [3.05, 3.63) is 46.4 Å². The van der Waals surface area contributed by atoms with Crippen molar-refractivity contribution >= 4 is 17.2 Å². The molecule has 4 nitrogen and oxygen atoms in total. The Hall–Kier alpha value is -1.88. The molecule has 2 aromatic rings. The van der Waals surface area contributed by atoms with Gasteiger partial charge in [0.1, 0.15) is 23.2 Å². The van der Waals surface area contributed by atoms with Gasteiger partial charge in [0.15, 0.2) is 0 Å². The maximum absolute atomic E-state index is 7.32. The Bertz CT molecular complexity index is 482. The van der Waals surface area contributed by atoms with E-state index in [4.69, 9.17) is 15.9 Å².